The molecule has 2 heterocycles. The van der Waals surface area contributed by atoms with E-state index in [0.717, 1.165) is 70.6 Å². The molecule has 0 saturated heterocycles. The van der Waals surface area contributed by atoms with Gasteiger partial charge in [-0.25, -0.2) is 4.98 Å². The van der Waals surface area contributed by atoms with Gasteiger partial charge in [-0.15, -0.1) is 11.3 Å². The van der Waals surface area contributed by atoms with Crippen molar-refractivity contribution in [2.45, 2.75) is 80.1 Å². The molecule has 56 heavy (non-hydrogen) atoms. The fourth-order valence-electron chi connectivity index (χ4n) is 8.15. The summed E-state index contributed by atoms with van der Waals surface area (Å²) in [5, 5.41) is 13.2. The van der Waals surface area contributed by atoms with Gasteiger partial charge in [0.1, 0.15) is 10.8 Å². The Labute approximate surface area is 335 Å². The van der Waals surface area contributed by atoms with E-state index in [9.17, 15) is 5.11 Å². The Balaban J connectivity index is 1.48. The van der Waals surface area contributed by atoms with Gasteiger partial charge in [-0.3, -0.25) is 4.98 Å². The fraction of sp³-hybridized carbons (Fsp3) is 0.231. The minimum atomic E-state index is -0.0757. The van der Waals surface area contributed by atoms with Gasteiger partial charge in [0.15, 0.2) is 0 Å². The van der Waals surface area contributed by atoms with E-state index in [4.69, 9.17) is 9.97 Å². The first-order valence-electron chi connectivity index (χ1n) is 19.5. The van der Waals surface area contributed by atoms with Gasteiger partial charge in [0.2, 0.25) is 0 Å². The van der Waals surface area contributed by atoms with Crippen LogP contribution in [-0.4, -0.2) is 15.1 Å². The van der Waals surface area contributed by atoms with Crippen molar-refractivity contribution < 1.29 is 5.11 Å². The SMILES string of the molecule is Cc1cccc(C)c1-c1cc(-c2cc(C(C)(C)C)cc3cccnc23)cc(-c2cc(-c3c(C)cccc3C)cc3sc(-c4cc(C(C)(C)C)ccc4O)nc23)c1. The number of aromatic hydroxyl groups is 1. The molecule has 0 bridgehead atoms. The van der Waals surface area contributed by atoms with Gasteiger partial charge in [-0.05, 0) is 166 Å². The quantitative estimate of drug-likeness (QED) is 0.191. The van der Waals surface area contributed by atoms with Crippen molar-refractivity contribution in [3.05, 3.63) is 149 Å². The van der Waals surface area contributed by atoms with E-state index in [-0.39, 0.29) is 16.6 Å². The Morgan fingerprint density at radius 1 is 0.500 bits per heavy atom. The molecule has 0 spiro atoms. The number of phenols is 1. The number of fused-ring (bicyclic) bond motifs is 2. The van der Waals surface area contributed by atoms with Crippen molar-refractivity contribution in [1.82, 2.24) is 9.97 Å². The summed E-state index contributed by atoms with van der Waals surface area (Å²) >= 11 is 1.64. The molecule has 8 aromatic rings. The van der Waals surface area contributed by atoms with Crippen molar-refractivity contribution in [3.8, 4) is 60.8 Å². The van der Waals surface area contributed by atoms with Crippen LogP contribution in [0.1, 0.15) is 74.9 Å². The molecule has 8 rings (SSSR count). The van der Waals surface area contributed by atoms with Crippen molar-refractivity contribution >= 4 is 32.5 Å². The first kappa shape index (κ1) is 37.3. The molecule has 0 radical (unpaired) electrons. The van der Waals surface area contributed by atoms with Gasteiger partial charge < -0.3 is 5.11 Å². The summed E-state index contributed by atoms with van der Waals surface area (Å²) in [6.07, 6.45) is 1.90. The highest BCUT2D eigenvalue weighted by molar-refractivity contribution is 7.21. The number of pyridine rings is 1. The highest BCUT2D eigenvalue weighted by atomic mass is 32.1. The molecule has 0 aliphatic heterocycles. The summed E-state index contributed by atoms with van der Waals surface area (Å²) in [5.74, 6) is 0.242. The van der Waals surface area contributed by atoms with Crippen molar-refractivity contribution in [1.29, 1.82) is 0 Å². The predicted octanol–water partition coefficient (Wildman–Crippen LogP) is 14.7. The Hall–Kier alpha value is -5.58. The number of thiazole rings is 1. The lowest BCUT2D eigenvalue weighted by molar-refractivity contribution is 0.476. The average Bonchev–Trinajstić information content (AvgIpc) is 3.57. The normalized spacial score (nSPS) is 12.2. The highest BCUT2D eigenvalue weighted by Crippen LogP contribution is 2.46. The van der Waals surface area contributed by atoms with Gasteiger partial charge in [-0.1, -0.05) is 90.1 Å². The number of phenolic OH excluding ortho intramolecular Hbond substituents is 1. The second kappa shape index (κ2) is 13.9. The van der Waals surface area contributed by atoms with Crippen LogP contribution in [0.25, 0.3) is 76.2 Å². The highest BCUT2D eigenvalue weighted by Gasteiger charge is 2.23. The number of benzene rings is 6. The van der Waals surface area contributed by atoms with Crippen LogP contribution < -0.4 is 0 Å². The van der Waals surface area contributed by atoms with Crippen molar-refractivity contribution in [2.75, 3.05) is 0 Å². The predicted molar refractivity (Wildman–Crippen MR) is 240 cm³/mol. The Morgan fingerprint density at radius 3 is 1.62 bits per heavy atom. The van der Waals surface area contributed by atoms with E-state index in [1.807, 2.05) is 24.4 Å². The van der Waals surface area contributed by atoms with Crippen LogP contribution in [0, 0.1) is 27.7 Å². The van der Waals surface area contributed by atoms with Crippen LogP contribution in [-0.2, 0) is 10.8 Å². The maximum atomic E-state index is 11.3. The van der Waals surface area contributed by atoms with Crippen LogP contribution in [0.5, 0.6) is 5.75 Å². The van der Waals surface area contributed by atoms with Gasteiger partial charge in [0.05, 0.1) is 21.3 Å². The van der Waals surface area contributed by atoms with Crippen molar-refractivity contribution in [3.63, 3.8) is 0 Å². The minimum Gasteiger partial charge on any atom is -0.507 e. The third-order valence-electron chi connectivity index (χ3n) is 11.3. The average molecular weight is 751 g/mol. The Kier molecular flexibility index (Phi) is 9.25. The smallest absolute Gasteiger partial charge is 0.128 e. The molecular formula is C52H50N2OS. The number of hydrogen-bond acceptors (Lipinski definition) is 4. The molecule has 0 unspecified atom stereocenters. The molecule has 0 amide bonds. The van der Waals surface area contributed by atoms with Gasteiger partial charge in [0, 0.05) is 22.7 Å². The number of aromatic nitrogens is 2. The summed E-state index contributed by atoms with van der Waals surface area (Å²) in [6, 6.07) is 39.5. The molecule has 3 nitrogen and oxygen atoms in total. The molecule has 6 aromatic carbocycles. The molecule has 0 aliphatic carbocycles. The van der Waals surface area contributed by atoms with Gasteiger partial charge in [0.25, 0.3) is 0 Å². The summed E-state index contributed by atoms with van der Waals surface area (Å²) in [7, 11) is 0. The molecule has 4 heteroatoms. The molecule has 0 saturated carbocycles. The molecule has 0 atom stereocenters. The van der Waals surface area contributed by atoms with E-state index in [1.54, 1.807) is 11.3 Å². The van der Waals surface area contributed by atoms with E-state index < -0.39 is 0 Å². The molecular weight excluding hydrogens is 701 g/mol. The zero-order valence-electron chi connectivity index (χ0n) is 34.2. The maximum Gasteiger partial charge on any atom is 0.128 e. The number of rotatable bonds is 5. The number of nitrogens with zero attached hydrogens (tertiary/aromatic N) is 2. The lowest BCUT2D eigenvalue weighted by Gasteiger charge is -2.22. The second-order valence-corrected chi connectivity index (χ2v) is 18.6. The first-order valence-corrected chi connectivity index (χ1v) is 20.4. The summed E-state index contributed by atoms with van der Waals surface area (Å²) in [6.45, 7) is 22.2. The molecule has 0 fully saturated rings. The van der Waals surface area contributed by atoms with E-state index >= 15 is 0 Å². The second-order valence-electron chi connectivity index (χ2n) is 17.6. The molecule has 1 N–H and O–H groups in total. The van der Waals surface area contributed by atoms with E-state index in [2.05, 4.69) is 160 Å². The molecule has 280 valence electrons. The summed E-state index contributed by atoms with van der Waals surface area (Å²) in [5.41, 5.74) is 19.1. The monoisotopic (exact) mass is 750 g/mol. The largest absolute Gasteiger partial charge is 0.507 e. The van der Waals surface area contributed by atoms with Crippen LogP contribution in [0.3, 0.4) is 0 Å². The molecule has 0 aliphatic rings. The van der Waals surface area contributed by atoms with Crippen LogP contribution in [0.15, 0.2) is 115 Å². The molecule has 2 aromatic heterocycles. The maximum absolute atomic E-state index is 11.3. The third kappa shape index (κ3) is 6.81. The first-order chi connectivity index (χ1) is 26.6. The van der Waals surface area contributed by atoms with Crippen LogP contribution in [0.4, 0.5) is 0 Å². The zero-order chi connectivity index (χ0) is 39.7. The standard InChI is InChI=1S/C52H50N2OS/c1-30-14-11-15-31(2)46(30)37-23-35(22-36(24-37)42-29-40(52(8,9)10)25-34-18-13-21-53-48(34)42)41-26-38(47-32(3)16-12-17-33(47)4)27-45-49(41)54-50(56-45)43-28-39(51(5,6)7)19-20-44(43)55/h11-29,55H,1-10H3. The Bertz CT molecular complexity index is 2790. The van der Waals surface area contributed by atoms with Crippen LogP contribution in [0.2, 0.25) is 0 Å². The summed E-state index contributed by atoms with van der Waals surface area (Å²) in [4.78, 5) is 10.4. The van der Waals surface area contributed by atoms with Gasteiger partial charge >= 0.3 is 0 Å². The lowest BCUT2D eigenvalue weighted by atomic mass is 9.83. The number of aryl methyl sites for hydroxylation is 4. The topological polar surface area (TPSA) is 46.0 Å². The third-order valence-corrected chi connectivity index (χ3v) is 12.3. The van der Waals surface area contributed by atoms with Crippen LogP contribution >= 0.6 is 11.3 Å². The zero-order valence-corrected chi connectivity index (χ0v) is 35.0. The fourth-order valence-corrected chi connectivity index (χ4v) is 9.21. The van der Waals surface area contributed by atoms with E-state index in [0.29, 0.717) is 0 Å². The van der Waals surface area contributed by atoms with Crippen molar-refractivity contribution in [2.24, 2.45) is 0 Å². The minimum absolute atomic E-state index is 0.0510. The lowest BCUT2D eigenvalue weighted by Crippen LogP contribution is -2.11. The van der Waals surface area contributed by atoms with Gasteiger partial charge in [-0.2, -0.15) is 0 Å². The summed E-state index contributed by atoms with van der Waals surface area (Å²) < 4.78 is 1.08. The number of hydrogen-bond donors (Lipinski definition) is 1. The van der Waals surface area contributed by atoms with E-state index in [1.165, 1.54) is 38.9 Å². The Morgan fingerprint density at radius 2 is 1.04 bits per heavy atom.